The number of nitrogens with two attached hydrogens (primary N) is 1. The largest absolute Gasteiger partial charge is 0.382 e. The number of hydrogen-bond acceptors (Lipinski definition) is 3. The standard InChI is InChI=1S/C15H24N2O2S/c1-2-12-4-3-5-15(10-12)17-14-8-6-13(7-9-14)11-20(16,18)19/h6-9,12,15,17H,2-5,10-11H2,1H3,(H2,16,18,19). The van der Waals surface area contributed by atoms with Crippen LogP contribution >= 0.6 is 0 Å². The van der Waals surface area contributed by atoms with E-state index < -0.39 is 10.0 Å². The van der Waals surface area contributed by atoms with Crippen LogP contribution in [0.2, 0.25) is 0 Å². The first-order valence-electron chi connectivity index (χ1n) is 7.32. The Balaban J connectivity index is 1.93. The number of primary sulfonamides is 1. The molecule has 5 heteroatoms. The smallest absolute Gasteiger partial charge is 0.213 e. The van der Waals surface area contributed by atoms with Crippen LogP contribution in [-0.2, 0) is 15.8 Å². The van der Waals surface area contributed by atoms with Crippen molar-refractivity contribution in [1.29, 1.82) is 0 Å². The molecule has 0 bridgehead atoms. The van der Waals surface area contributed by atoms with Gasteiger partial charge in [0, 0.05) is 11.7 Å². The van der Waals surface area contributed by atoms with Crippen molar-refractivity contribution in [3.63, 3.8) is 0 Å². The van der Waals surface area contributed by atoms with E-state index in [0.717, 1.165) is 17.2 Å². The van der Waals surface area contributed by atoms with Crippen molar-refractivity contribution < 1.29 is 8.42 Å². The lowest BCUT2D eigenvalue weighted by molar-refractivity contribution is 0.327. The summed E-state index contributed by atoms with van der Waals surface area (Å²) in [7, 11) is -3.45. The second-order valence-corrected chi connectivity index (χ2v) is 7.40. The molecule has 0 aliphatic heterocycles. The summed E-state index contributed by atoms with van der Waals surface area (Å²) in [4.78, 5) is 0. The van der Waals surface area contributed by atoms with Gasteiger partial charge in [0.15, 0.2) is 0 Å². The minimum Gasteiger partial charge on any atom is -0.382 e. The molecule has 1 saturated carbocycles. The molecular formula is C15H24N2O2S. The van der Waals surface area contributed by atoms with Crippen LogP contribution < -0.4 is 10.5 Å². The molecule has 0 spiro atoms. The molecule has 3 N–H and O–H groups in total. The Morgan fingerprint density at radius 1 is 1.25 bits per heavy atom. The number of anilines is 1. The predicted octanol–water partition coefficient (Wildman–Crippen LogP) is 2.86. The third-order valence-corrected chi connectivity index (χ3v) is 4.79. The molecule has 0 amide bonds. The zero-order chi connectivity index (χ0) is 14.6. The van der Waals surface area contributed by atoms with Crippen molar-refractivity contribution >= 4 is 15.7 Å². The quantitative estimate of drug-likeness (QED) is 0.877. The predicted molar refractivity (Wildman–Crippen MR) is 82.9 cm³/mol. The van der Waals surface area contributed by atoms with Crippen LogP contribution in [0.4, 0.5) is 5.69 Å². The maximum atomic E-state index is 11.0. The minimum atomic E-state index is -3.45. The van der Waals surface area contributed by atoms with Gasteiger partial charge in [0.25, 0.3) is 0 Å². The Morgan fingerprint density at radius 3 is 2.55 bits per heavy atom. The second-order valence-electron chi connectivity index (χ2n) is 5.79. The maximum absolute atomic E-state index is 11.0. The molecule has 1 aromatic rings. The van der Waals surface area contributed by atoms with Gasteiger partial charge < -0.3 is 5.32 Å². The first-order chi connectivity index (χ1) is 9.46. The van der Waals surface area contributed by atoms with Crippen molar-refractivity contribution in [2.75, 3.05) is 5.32 Å². The van der Waals surface area contributed by atoms with E-state index in [2.05, 4.69) is 12.2 Å². The monoisotopic (exact) mass is 296 g/mol. The fraction of sp³-hybridized carbons (Fsp3) is 0.600. The van der Waals surface area contributed by atoms with Gasteiger partial charge >= 0.3 is 0 Å². The van der Waals surface area contributed by atoms with E-state index in [1.54, 1.807) is 0 Å². The highest BCUT2D eigenvalue weighted by molar-refractivity contribution is 7.88. The van der Waals surface area contributed by atoms with Crippen molar-refractivity contribution in [2.45, 2.75) is 50.8 Å². The molecular weight excluding hydrogens is 272 g/mol. The Kier molecular flexibility index (Phi) is 5.05. The molecule has 0 aromatic heterocycles. The highest BCUT2D eigenvalue weighted by Gasteiger charge is 2.20. The average molecular weight is 296 g/mol. The summed E-state index contributed by atoms with van der Waals surface area (Å²) in [6, 6.07) is 8.07. The average Bonchev–Trinajstić information content (AvgIpc) is 2.40. The van der Waals surface area contributed by atoms with Crippen molar-refractivity contribution in [2.24, 2.45) is 11.1 Å². The summed E-state index contributed by atoms with van der Waals surface area (Å²) in [6.07, 6.45) is 6.35. The maximum Gasteiger partial charge on any atom is 0.213 e. The third kappa shape index (κ3) is 4.80. The van der Waals surface area contributed by atoms with Gasteiger partial charge in [-0.2, -0.15) is 0 Å². The van der Waals surface area contributed by atoms with Gasteiger partial charge in [0.2, 0.25) is 10.0 Å². The molecule has 2 atom stereocenters. The fourth-order valence-electron chi connectivity index (χ4n) is 2.96. The van der Waals surface area contributed by atoms with Crippen LogP contribution in [-0.4, -0.2) is 14.5 Å². The minimum absolute atomic E-state index is 0.103. The molecule has 1 aliphatic carbocycles. The van der Waals surface area contributed by atoms with Gasteiger partial charge in [0.1, 0.15) is 0 Å². The van der Waals surface area contributed by atoms with E-state index in [1.807, 2.05) is 24.3 Å². The van der Waals surface area contributed by atoms with Gasteiger partial charge in [-0.05, 0) is 36.5 Å². The molecule has 1 fully saturated rings. The molecule has 2 unspecified atom stereocenters. The molecule has 0 radical (unpaired) electrons. The molecule has 112 valence electrons. The molecule has 4 nitrogen and oxygen atoms in total. The normalized spacial score (nSPS) is 23.5. The van der Waals surface area contributed by atoms with Gasteiger partial charge in [-0.25, -0.2) is 13.6 Å². The highest BCUT2D eigenvalue weighted by Crippen LogP contribution is 2.28. The number of nitrogens with one attached hydrogen (secondary N) is 1. The highest BCUT2D eigenvalue weighted by atomic mass is 32.2. The number of benzene rings is 1. The second kappa shape index (κ2) is 6.59. The molecule has 0 heterocycles. The number of rotatable bonds is 5. The molecule has 1 aliphatic rings. The number of hydrogen-bond donors (Lipinski definition) is 2. The van der Waals surface area contributed by atoms with Crippen LogP contribution in [0, 0.1) is 5.92 Å². The van der Waals surface area contributed by atoms with E-state index in [1.165, 1.54) is 32.1 Å². The van der Waals surface area contributed by atoms with Crippen LogP contribution in [0.5, 0.6) is 0 Å². The van der Waals surface area contributed by atoms with E-state index in [9.17, 15) is 8.42 Å². The van der Waals surface area contributed by atoms with E-state index in [-0.39, 0.29) is 5.75 Å². The van der Waals surface area contributed by atoms with E-state index in [0.29, 0.717) is 6.04 Å². The summed E-state index contributed by atoms with van der Waals surface area (Å²) in [5.41, 5.74) is 1.79. The first kappa shape index (κ1) is 15.3. The van der Waals surface area contributed by atoms with Crippen LogP contribution in [0.1, 0.15) is 44.6 Å². The van der Waals surface area contributed by atoms with Gasteiger partial charge in [-0.15, -0.1) is 0 Å². The molecule has 0 saturated heterocycles. The summed E-state index contributed by atoms with van der Waals surface area (Å²) >= 11 is 0. The fourth-order valence-corrected chi connectivity index (χ4v) is 3.62. The van der Waals surface area contributed by atoms with Crippen molar-refractivity contribution in [3.8, 4) is 0 Å². The summed E-state index contributed by atoms with van der Waals surface area (Å²) in [5, 5.41) is 8.60. The Hall–Kier alpha value is -1.07. The molecule has 1 aromatic carbocycles. The lowest BCUT2D eigenvalue weighted by Gasteiger charge is -2.29. The molecule has 20 heavy (non-hydrogen) atoms. The van der Waals surface area contributed by atoms with Crippen LogP contribution in [0.25, 0.3) is 0 Å². The van der Waals surface area contributed by atoms with E-state index >= 15 is 0 Å². The topological polar surface area (TPSA) is 72.2 Å². The Bertz CT molecular complexity index is 525. The lowest BCUT2D eigenvalue weighted by atomic mass is 9.84. The summed E-state index contributed by atoms with van der Waals surface area (Å²) in [6.45, 7) is 2.26. The SMILES string of the molecule is CCC1CCCC(Nc2ccc(CS(N)(=O)=O)cc2)C1. The summed E-state index contributed by atoms with van der Waals surface area (Å²) < 4.78 is 22.1. The zero-order valence-corrected chi connectivity index (χ0v) is 12.8. The van der Waals surface area contributed by atoms with Gasteiger partial charge in [-0.1, -0.05) is 38.3 Å². The Morgan fingerprint density at radius 2 is 1.95 bits per heavy atom. The van der Waals surface area contributed by atoms with Gasteiger partial charge in [0.05, 0.1) is 5.75 Å². The summed E-state index contributed by atoms with van der Waals surface area (Å²) in [5.74, 6) is 0.733. The first-order valence-corrected chi connectivity index (χ1v) is 9.04. The lowest BCUT2D eigenvalue weighted by Crippen LogP contribution is -2.27. The van der Waals surface area contributed by atoms with Crippen molar-refractivity contribution in [3.05, 3.63) is 29.8 Å². The van der Waals surface area contributed by atoms with E-state index in [4.69, 9.17) is 5.14 Å². The number of sulfonamides is 1. The van der Waals surface area contributed by atoms with Crippen molar-refractivity contribution in [1.82, 2.24) is 0 Å². The molecule has 2 rings (SSSR count). The third-order valence-electron chi connectivity index (χ3n) is 4.05. The van der Waals surface area contributed by atoms with Crippen LogP contribution in [0.15, 0.2) is 24.3 Å². The van der Waals surface area contributed by atoms with Crippen LogP contribution in [0.3, 0.4) is 0 Å². The van der Waals surface area contributed by atoms with Gasteiger partial charge in [-0.3, -0.25) is 0 Å². The Labute approximate surface area is 121 Å². The zero-order valence-electron chi connectivity index (χ0n) is 12.0.